The lowest BCUT2D eigenvalue weighted by Gasteiger charge is -2.30. The number of sulfonamides is 1. The van der Waals surface area contributed by atoms with Crippen LogP contribution in [0.1, 0.15) is 32.6 Å². The number of carbonyl (C=O) groups is 1. The van der Waals surface area contributed by atoms with Crippen LogP contribution in [0.2, 0.25) is 0 Å². The average Bonchev–Trinajstić information content (AvgIpc) is 2.73. The first kappa shape index (κ1) is 23.4. The molecule has 1 fully saturated rings. The Kier molecular flexibility index (Phi) is 9.19. The molecule has 1 aliphatic heterocycles. The number of anilines is 1. The number of hydrogen-bond donors (Lipinski definition) is 1. The highest BCUT2D eigenvalue weighted by molar-refractivity contribution is 7.89. The summed E-state index contributed by atoms with van der Waals surface area (Å²) in [5, 5.41) is 2.91. The zero-order chi connectivity index (χ0) is 21.3. The summed E-state index contributed by atoms with van der Waals surface area (Å²) >= 11 is 0. The van der Waals surface area contributed by atoms with Crippen molar-refractivity contribution in [3.8, 4) is 11.5 Å². The molecule has 1 aromatic rings. The van der Waals surface area contributed by atoms with Crippen LogP contribution in [0.4, 0.5) is 5.69 Å². The number of amides is 1. The number of carbonyl (C=O) groups excluding carboxylic acids is 1. The summed E-state index contributed by atoms with van der Waals surface area (Å²) in [5.74, 6) is 0.956. The van der Waals surface area contributed by atoms with Gasteiger partial charge in [0, 0.05) is 37.9 Å². The second-order valence-electron chi connectivity index (χ2n) is 7.04. The Labute approximate surface area is 173 Å². The van der Waals surface area contributed by atoms with Gasteiger partial charge in [0.1, 0.15) is 6.61 Å². The lowest BCUT2D eigenvalue weighted by molar-refractivity contribution is -0.120. The highest BCUT2D eigenvalue weighted by Gasteiger charge is 2.30. The number of methoxy groups -OCH3 is 2. The van der Waals surface area contributed by atoms with Gasteiger partial charge in [-0.05, 0) is 31.4 Å². The molecule has 8 nitrogen and oxygen atoms in total. The number of unbranched alkanes of at least 4 members (excludes halogenated alkanes) is 1. The Morgan fingerprint density at radius 2 is 1.90 bits per heavy atom. The van der Waals surface area contributed by atoms with E-state index in [0.717, 1.165) is 6.42 Å². The molecule has 9 heteroatoms. The number of ether oxygens (including phenoxy) is 3. The summed E-state index contributed by atoms with van der Waals surface area (Å²) < 4.78 is 42.0. The van der Waals surface area contributed by atoms with Crippen molar-refractivity contribution in [2.75, 3.05) is 51.6 Å². The van der Waals surface area contributed by atoms with Gasteiger partial charge in [0.25, 0.3) is 0 Å². The second-order valence-corrected chi connectivity index (χ2v) is 9.13. The Bertz CT molecular complexity index is 760. The number of nitrogens with one attached hydrogen (secondary N) is 1. The van der Waals surface area contributed by atoms with Crippen LogP contribution in [0.15, 0.2) is 18.2 Å². The van der Waals surface area contributed by atoms with Crippen LogP contribution < -0.4 is 14.8 Å². The van der Waals surface area contributed by atoms with Crippen LogP contribution in [-0.4, -0.2) is 64.9 Å². The Morgan fingerprint density at radius 1 is 1.17 bits per heavy atom. The molecule has 29 heavy (non-hydrogen) atoms. The molecule has 1 aromatic carbocycles. The van der Waals surface area contributed by atoms with Crippen LogP contribution in [0.25, 0.3) is 0 Å². The van der Waals surface area contributed by atoms with E-state index in [2.05, 4.69) is 5.32 Å². The molecule has 0 saturated carbocycles. The minimum atomic E-state index is -3.22. The standard InChI is InChI=1S/C20H32N2O6S/c1-4-5-14-29(24,25)22-10-8-16(9-11-22)20(23)21-17-6-7-18(27-3)19(15-17)28-13-12-26-2/h6-7,15-16H,4-5,8-14H2,1-3H3,(H,21,23). The van der Waals surface area contributed by atoms with Crippen LogP contribution >= 0.6 is 0 Å². The van der Waals surface area contributed by atoms with Crippen molar-refractivity contribution < 1.29 is 27.4 Å². The monoisotopic (exact) mass is 428 g/mol. The number of nitrogens with zero attached hydrogens (tertiary/aromatic N) is 1. The highest BCUT2D eigenvalue weighted by Crippen LogP contribution is 2.31. The van der Waals surface area contributed by atoms with E-state index in [0.29, 0.717) is 62.8 Å². The van der Waals surface area contributed by atoms with E-state index < -0.39 is 10.0 Å². The first-order valence-electron chi connectivity index (χ1n) is 9.99. The van der Waals surface area contributed by atoms with Gasteiger partial charge in [0.15, 0.2) is 11.5 Å². The van der Waals surface area contributed by atoms with Gasteiger partial charge in [-0.15, -0.1) is 0 Å². The van der Waals surface area contributed by atoms with E-state index in [-0.39, 0.29) is 17.6 Å². The molecule has 0 unspecified atom stereocenters. The lowest BCUT2D eigenvalue weighted by Crippen LogP contribution is -2.42. The normalized spacial score (nSPS) is 15.8. The fourth-order valence-electron chi connectivity index (χ4n) is 3.20. The molecule has 0 aliphatic carbocycles. The quantitative estimate of drug-likeness (QED) is 0.544. The van der Waals surface area contributed by atoms with Crippen molar-refractivity contribution in [3.63, 3.8) is 0 Å². The molecule has 0 aromatic heterocycles. The third kappa shape index (κ3) is 6.87. The third-order valence-corrected chi connectivity index (χ3v) is 6.91. The maximum Gasteiger partial charge on any atom is 0.227 e. The Hall–Kier alpha value is -1.84. The summed E-state index contributed by atoms with van der Waals surface area (Å²) in [5.41, 5.74) is 0.612. The fraction of sp³-hybridized carbons (Fsp3) is 0.650. The largest absolute Gasteiger partial charge is 0.493 e. The summed E-state index contributed by atoms with van der Waals surface area (Å²) in [7, 11) is -0.0675. The topological polar surface area (TPSA) is 94.2 Å². The first-order valence-corrected chi connectivity index (χ1v) is 11.6. The zero-order valence-electron chi connectivity index (χ0n) is 17.5. The van der Waals surface area contributed by atoms with Gasteiger partial charge >= 0.3 is 0 Å². The predicted molar refractivity (Wildman–Crippen MR) is 112 cm³/mol. The van der Waals surface area contributed by atoms with Crippen molar-refractivity contribution in [3.05, 3.63) is 18.2 Å². The van der Waals surface area contributed by atoms with E-state index in [9.17, 15) is 13.2 Å². The fourth-order valence-corrected chi connectivity index (χ4v) is 4.88. The smallest absolute Gasteiger partial charge is 0.227 e. The molecule has 0 bridgehead atoms. The molecule has 1 heterocycles. The Balaban J connectivity index is 1.93. The number of hydrogen-bond acceptors (Lipinski definition) is 6. The van der Waals surface area contributed by atoms with Crippen molar-refractivity contribution >= 4 is 21.6 Å². The van der Waals surface area contributed by atoms with E-state index in [4.69, 9.17) is 14.2 Å². The van der Waals surface area contributed by atoms with Gasteiger partial charge in [-0.1, -0.05) is 13.3 Å². The van der Waals surface area contributed by atoms with E-state index >= 15 is 0 Å². The summed E-state index contributed by atoms with van der Waals surface area (Å²) in [4.78, 5) is 12.7. The summed E-state index contributed by atoms with van der Waals surface area (Å²) in [6.45, 7) is 3.56. The van der Waals surface area contributed by atoms with Gasteiger partial charge in [-0.3, -0.25) is 4.79 Å². The SMILES string of the molecule is CCCCS(=O)(=O)N1CCC(C(=O)Nc2ccc(OC)c(OCCOC)c2)CC1. The molecule has 0 spiro atoms. The van der Waals surface area contributed by atoms with Gasteiger partial charge < -0.3 is 19.5 Å². The van der Waals surface area contributed by atoms with Crippen molar-refractivity contribution in [2.45, 2.75) is 32.6 Å². The maximum absolute atomic E-state index is 12.7. The first-order chi connectivity index (χ1) is 13.9. The van der Waals surface area contributed by atoms with Crippen LogP contribution in [0.5, 0.6) is 11.5 Å². The van der Waals surface area contributed by atoms with E-state index in [1.54, 1.807) is 32.4 Å². The lowest BCUT2D eigenvalue weighted by atomic mass is 9.97. The molecule has 2 rings (SSSR count). The molecular formula is C20H32N2O6S. The molecule has 164 valence electrons. The van der Waals surface area contributed by atoms with Crippen LogP contribution in [-0.2, 0) is 19.6 Å². The zero-order valence-corrected chi connectivity index (χ0v) is 18.3. The van der Waals surface area contributed by atoms with Gasteiger partial charge in [-0.2, -0.15) is 0 Å². The second kappa shape index (κ2) is 11.4. The van der Waals surface area contributed by atoms with Crippen molar-refractivity contribution in [1.29, 1.82) is 0 Å². The molecule has 1 N–H and O–H groups in total. The molecule has 1 saturated heterocycles. The van der Waals surface area contributed by atoms with E-state index in [1.807, 2.05) is 6.92 Å². The van der Waals surface area contributed by atoms with Gasteiger partial charge in [-0.25, -0.2) is 12.7 Å². The molecule has 1 amide bonds. The van der Waals surface area contributed by atoms with Crippen LogP contribution in [0.3, 0.4) is 0 Å². The van der Waals surface area contributed by atoms with Crippen molar-refractivity contribution in [2.24, 2.45) is 5.92 Å². The number of piperidine rings is 1. The summed E-state index contributed by atoms with van der Waals surface area (Å²) in [6, 6.07) is 5.21. The maximum atomic E-state index is 12.7. The molecule has 1 aliphatic rings. The van der Waals surface area contributed by atoms with Gasteiger partial charge in [0.05, 0.1) is 19.5 Å². The number of benzene rings is 1. The minimum absolute atomic E-state index is 0.108. The Morgan fingerprint density at radius 3 is 2.52 bits per heavy atom. The number of rotatable bonds is 11. The molecule has 0 atom stereocenters. The third-order valence-electron chi connectivity index (χ3n) is 4.95. The average molecular weight is 429 g/mol. The highest BCUT2D eigenvalue weighted by atomic mass is 32.2. The van der Waals surface area contributed by atoms with E-state index in [1.165, 1.54) is 4.31 Å². The predicted octanol–water partition coefficient (Wildman–Crippen LogP) is 2.50. The minimum Gasteiger partial charge on any atom is -0.493 e. The molecule has 0 radical (unpaired) electrons. The molecular weight excluding hydrogens is 396 g/mol. The summed E-state index contributed by atoms with van der Waals surface area (Å²) in [6.07, 6.45) is 2.54. The van der Waals surface area contributed by atoms with Crippen LogP contribution in [0, 0.1) is 5.92 Å². The van der Waals surface area contributed by atoms with Gasteiger partial charge in [0.2, 0.25) is 15.9 Å². The van der Waals surface area contributed by atoms with Crippen molar-refractivity contribution in [1.82, 2.24) is 4.31 Å².